The number of ether oxygens (including phenoxy) is 1. The van der Waals surface area contributed by atoms with Crippen molar-refractivity contribution in [2.45, 2.75) is 10.6 Å². The molecule has 4 rings (SSSR count). The summed E-state index contributed by atoms with van der Waals surface area (Å²) < 4.78 is 19.5. The standard InChI is InChI=1S/C23H18ClFN2O2S2/c1-29-17-6-2-14(3-7-17)13-30-20-9-4-15(10-19(20)26-22(28)12-24)23-27-18-8-5-16(25)11-21(18)31-23/h2-11H,12-13H2,1H3,(H,26,28). The molecule has 0 aliphatic carbocycles. The van der Waals surface area contributed by atoms with E-state index >= 15 is 0 Å². The number of nitrogens with zero attached hydrogens (tertiary/aromatic N) is 1. The summed E-state index contributed by atoms with van der Waals surface area (Å²) in [5, 5.41) is 3.63. The minimum atomic E-state index is -0.289. The zero-order valence-electron chi connectivity index (χ0n) is 16.5. The smallest absolute Gasteiger partial charge is 0.239 e. The van der Waals surface area contributed by atoms with Crippen LogP contribution in [0.3, 0.4) is 0 Å². The van der Waals surface area contributed by atoms with Crippen molar-refractivity contribution in [3.63, 3.8) is 0 Å². The van der Waals surface area contributed by atoms with Crippen molar-refractivity contribution in [3.05, 3.63) is 72.0 Å². The van der Waals surface area contributed by atoms with Crippen molar-refractivity contribution >= 4 is 56.5 Å². The summed E-state index contributed by atoms with van der Waals surface area (Å²) >= 11 is 8.72. The SMILES string of the molecule is COc1ccc(CSc2ccc(-c3nc4ccc(F)cc4s3)cc2NC(=O)CCl)cc1. The first-order chi connectivity index (χ1) is 15.1. The van der Waals surface area contributed by atoms with E-state index in [2.05, 4.69) is 10.3 Å². The lowest BCUT2D eigenvalue weighted by Gasteiger charge is -2.12. The van der Waals surface area contributed by atoms with E-state index < -0.39 is 0 Å². The molecule has 0 saturated heterocycles. The van der Waals surface area contributed by atoms with Gasteiger partial charge in [-0.15, -0.1) is 34.7 Å². The summed E-state index contributed by atoms with van der Waals surface area (Å²) in [6.07, 6.45) is 0. The molecule has 0 spiro atoms. The Morgan fingerprint density at radius 2 is 1.97 bits per heavy atom. The van der Waals surface area contributed by atoms with E-state index in [-0.39, 0.29) is 17.6 Å². The first kappa shape index (κ1) is 21.6. The number of thioether (sulfide) groups is 1. The second-order valence-corrected chi connectivity index (χ2v) is 8.98. The van der Waals surface area contributed by atoms with Gasteiger partial charge in [0.25, 0.3) is 0 Å². The largest absolute Gasteiger partial charge is 0.497 e. The maximum absolute atomic E-state index is 13.5. The molecule has 158 valence electrons. The van der Waals surface area contributed by atoms with E-state index in [9.17, 15) is 9.18 Å². The summed E-state index contributed by atoms with van der Waals surface area (Å²) in [6.45, 7) is 0. The maximum Gasteiger partial charge on any atom is 0.239 e. The number of benzene rings is 3. The topological polar surface area (TPSA) is 51.2 Å². The second kappa shape index (κ2) is 9.68. The Morgan fingerprint density at radius 1 is 1.16 bits per heavy atom. The van der Waals surface area contributed by atoms with Crippen LogP contribution < -0.4 is 10.1 Å². The number of aromatic nitrogens is 1. The number of hydrogen-bond donors (Lipinski definition) is 1. The second-order valence-electron chi connectivity index (χ2n) is 6.66. The molecule has 1 amide bonds. The fraction of sp³-hybridized carbons (Fsp3) is 0.130. The third-order valence-electron chi connectivity index (χ3n) is 4.53. The third kappa shape index (κ3) is 5.18. The number of alkyl halides is 1. The number of nitrogens with one attached hydrogen (secondary N) is 1. The number of carbonyl (C=O) groups is 1. The van der Waals surface area contributed by atoms with Crippen LogP contribution in [-0.2, 0) is 10.5 Å². The number of amides is 1. The molecule has 0 saturated carbocycles. The predicted octanol–water partition coefficient (Wildman–Crippen LogP) is 6.58. The molecule has 1 aromatic heterocycles. The van der Waals surface area contributed by atoms with Crippen molar-refractivity contribution < 1.29 is 13.9 Å². The quantitative estimate of drug-likeness (QED) is 0.244. The lowest BCUT2D eigenvalue weighted by atomic mass is 10.2. The van der Waals surface area contributed by atoms with Crippen LogP contribution in [0, 0.1) is 5.82 Å². The molecule has 0 fully saturated rings. The highest BCUT2D eigenvalue weighted by atomic mass is 35.5. The van der Waals surface area contributed by atoms with Crippen molar-refractivity contribution in [2.24, 2.45) is 0 Å². The van der Waals surface area contributed by atoms with Gasteiger partial charge in [-0.2, -0.15) is 0 Å². The number of hydrogen-bond acceptors (Lipinski definition) is 5. The Bertz CT molecular complexity index is 1230. The number of rotatable bonds is 7. The number of methoxy groups -OCH3 is 1. The number of thiazole rings is 1. The van der Waals surface area contributed by atoms with Gasteiger partial charge in [0, 0.05) is 16.2 Å². The van der Waals surface area contributed by atoms with Gasteiger partial charge in [0.1, 0.15) is 22.5 Å². The Balaban J connectivity index is 1.62. The van der Waals surface area contributed by atoms with Gasteiger partial charge in [0.05, 0.1) is 23.0 Å². The number of anilines is 1. The van der Waals surface area contributed by atoms with Gasteiger partial charge in [0.2, 0.25) is 5.91 Å². The van der Waals surface area contributed by atoms with Gasteiger partial charge < -0.3 is 10.1 Å². The first-order valence-corrected chi connectivity index (χ1v) is 11.7. The Hall–Kier alpha value is -2.61. The van der Waals surface area contributed by atoms with Crippen molar-refractivity contribution in [1.29, 1.82) is 0 Å². The summed E-state index contributed by atoms with van der Waals surface area (Å²) in [4.78, 5) is 17.5. The molecule has 0 radical (unpaired) electrons. The summed E-state index contributed by atoms with van der Waals surface area (Å²) in [5.41, 5.74) is 3.40. The van der Waals surface area contributed by atoms with Crippen LogP contribution in [0.25, 0.3) is 20.8 Å². The van der Waals surface area contributed by atoms with E-state index in [1.165, 1.54) is 23.5 Å². The molecule has 0 unspecified atom stereocenters. The highest BCUT2D eigenvalue weighted by Crippen LogP contribution is 2.37. The minimum absolute atomic E-state index is 0.132. The van der Waals surface area contributed by atoms with Gasteiger partial charge in [-0.3, -0.25) is 4.79 Å². The van der Waals surface area contributed by atoms with Crippen LogP contribution in [0.15, 0.2) is 65.6 Å². The summed E-state index contributed by atoms with van der Waals surface area (Å²) in [5.74, 6) is 0.837. The minimum Gasteiger partial charge on any atom is -0.497 e. The van der Waals surface area contributed by atoms with Crippen LogP contribution >= 0.6 is 34.7 Å². The zero-order valence-corrected chi connectivity index (χ0v) is 18.9. The summed E-state index contributed by atoms with van der Waals surface area (Å²) in [7, 11) is 1.64. The molecule has 0 bridgehead atoms. The van der Waals surface area contributed by atoms with Gasteiger partial charge in [-0.25, -0.2) is 9.37 Å². The van der Waals surface area contributed by atoms with Crippen LogP contribution in [-0.4, -0.2) is 23.9 Å². The monoisotopic (exact) mass is 472 g/mol. The summed E-state index contributed by atoms with van der Waals surface area (Å²) in [6, 6.07) is 18.2. The van der Waals surface area contributed by atoms with Gasteiger partial charge in [-0.05, 0) is 48.0 Å². The van der Waals surface area contributed by atoms with Gasteiger partial charge in [-0.1, -0.05) is 18.2 Å². The third-order valence-corrected chi connectivity index (χ3v) is 6.98. The van der Waals surface area contributed by atoms with Crippen LogP contribution in [0.4, 0.5) is 10.1 Å². The van der Waals surface area contributed by atoms with Gasteiger partial charge in [0.15, 0.2) is 0 Å². The number of carbonyl (C=O) groups excluding carboxylic acids is 1. The van der Waals surface area contributed by atoms with E-state index in [1.807, 2.05) is 42.5 Å². The van der Waals surface area contributed by atoms with E-state index in [1.54, 1.807) is 24.9 Å². The van der Waals surface area contributed by atoms with Crippen LogP contribution in [0.1, 0.15) is 5.56 Å². The Labute approximate surface area is 192 Å². The van der Waals surface area contributed by atoms with Crippen molar-refractivity contribution in [2.75, 3.05) is 18.3 Å². The number of fused-ring (bicyclic) bond motifs is 1. The first-order valence-electron chi connectivity index (χ1n) is 9.38. The Kier molecular flexibility index (Phi) is 6.75. The normalized spacial score (nSPS) is 10.9. The maximum atomic E-state index is 13.5. The van der Waals surface area contributed by atoms with E-state index in [0.29, 0.717) is 5.69 Å². The zero-order chi connectivity index (χ0) is 21.8. The molecule has 0 aliphatic heterocycles. The van der Waals surface area contributed by atoms with Crippen LogP contribution in [0.5, 0.6) is 5.75 Å². The lowest BCUT2D eigenvalue weighted by molar-refractivity contribution is -0.113. The molecule has 8 heteroatoms. The van der Waals surface area contributed by atoms with Gasteiger partial charge >= 0.3 is 0 Å². The molecule has 31 heavy (non-hydrogen) atoms. The average molecular weight is 473 g/mol. The molecule has 1 N–H and O–H groups in total. The molecule has 4 nitrogen and oxygen atoms in total. The predicted molar refractivity (Wildman–Crippen MR) is 127 cm³/mol. The molecule has 0 aliphatic rings. The average Bonchev–Trinajstić information content (AvgIpc) is 3.21. The highest BCUT2D eigenvalue weighted by Gasteiger charge is 2.13. The lowest BCUT2D eigenvalue weighted by Crippen LogP contribution is -2.13. The van der Waals surface area contributed by atoms with E-state index in [0.717, 1.165) is 42.7 Å². The molecule has 1 heterocycles. The number of halogens is 2. The molecule has 3 aromatic carbocycles. The molecular formula is C23H18ClFN2O2S2. The van der Waals surface area contributed by atoms with Crippen molar-refractivity contribution in [1.82, 2.24) is 4.98 Å². The Morgan fingerprint density at radius 3 is 2.71 bits per heavy atom. The molecule has 0 atom stereocenters. The molecular weight excluding hydrogens is 455 g/mol. The van der Waals surface area contributed by atoms with Crippen LogP contribution in [0.2, 0.25) is 0 Å². The van der Waals surface area contributed by atoms with E-state index in [4.69, 9.17) is 16.3 Å². The fourth-order valence-electron chi connectivity index (χ4n) is 2.97. The van der Waals surface area contributed by atoms with Crippen molar-refractivity contribution in [3.8, 4) is 16.3 Å². The molecule has 4 aromatic rings. The fourth-order valence-corrected chi connectivity index (χ4v) is 4.97. The highest BCUT2D eigenvalue weighted by molar-refractivity contribution is 7.98.